The summed E-state index contributed by atoms with van der Waals surface area (Å²) in [5.74, 6) is 2.08. The molecule has 22 heavy (non-hydrogen) atoms. The Morgan fingerprint density at radius 1 is 1.23 bits per heavy atom. The van der Waals surface area contributed by atoms with Crippen LogP contribution in [0.5, 0.6) is 5.75 Å². The summed E-state index contributed by atoms with van der Waals surface area (Å²) in [6, 6.07) is 7.88. The van der Waals surface area contributed by atoms with Crippen LogP contribution in [0.4, 0.5) is 0 Å². The maximum absolute atomic E-state index is 12.5. The molecule has 1 unspecified atom stereocenters. The number of fused-ring (bicyclic) bond motifs is 3. The van der Waals surface area contributed by atoms with Gasteiger partial charge in [-0.25, -0.2) is 0 Å². The number of rotatable bonds is 0. The Balaban J connectivity index is 1.75. The van der Waals surface area contributed by atoms with Crippen molar-refractivity contribution in [2.24, 2.45) is 17.3 Å². The van der Waals surface area contributed by atoms with Gasteiger partial charge < -0.3 is 9.72 Å². The molecule has 3 aliphatic carbocycles. The minimum absolute atomic E-state index is 0.0427. The molecule has 1 aromatic heterocycles. The molecule has 3 nitrogen and oxygen atoms in total. The molecule has 1 aromatic carbocycles. The van der Waals surface area contributed by atoms with Crippen molar-refractivity contribution in [1.29, 1.82) is 0 Å². The van der Waals surface area contributed by atoms with Crippen molar-refractivity contribution in [1.82, 2.24) is 4.98 Å². The maximum atomic E-state index is 12.5. The number of ether oxygens (including phenoxy) is 1. The minimum atomic E-state index is -0.0427. The number of para-hydroxylation sites is 1. The third-order valence-electron chi connectivity index (χ3n) is 6.22. The molecule has 0 spiro atoms. The molecule has 1 aliphatic heterocycles. The Morgan fingerprint density at radius 3 is 2.86 bits per heavy atom. The van der Waals surface area contributed by atoms with Gasteiger partial charge in [0.1, 0.15) is 11.9 Å². The van der Waals surface area contributed by atoms with E-state index in [4.69, 9.17) is 4.74 Å². The van der Waals surface area contributed by atoms with Crippen molar-refractivity contribution in [2.75, 3.05) is 0 Å². The van der Waals surface area contributed by atoms with E-state index < -0.39 is 0 Å². The molecule has 0 amide bonds. The highest BCUT2D eigenvalue weighted by Crippen LogP contribution is 2.62. The maximum Gasteiger partial charge on any atom is 0.259 e. The average Bonchev–Trinajstić information content (AvgIpc) is 2.53. The second-order valence-corrected chi connectivity index (χ2v) is 7.54. The van der Waals surface area contributed by atoms with Gasteiger partial charge in [-0.1, -0.05) is 26.0 Å². The summed E-state index contributed by atoms with van der Waals surface area (Å²) in [7, 11) is 0. The lowest BCUT2D eigenvalue weighted by Crippen LogP contribution is -2.55. The molecule has 2 heterocycles. The van der Waals surface area contributed by atoms with Crippen molar-refractivity contribution in [3.05, 3.63) is 45.8 Å². The fourth-order valence-electron chi connectivity index (χ4n) is 4.71. The number of hydrogen-bond acceptors (Lipinski definition) is 2. The zero-order valence-electron chi connectivity index (χ0n) is 12.8. The quantitative estimate of drug-likeness (QED) is 0.804. The predicted molar refractivity (Wildman–Crippen MR) is 87.0 cm³/mol. The molecule has 6 rings (SSSR count). The number of aromatic nitrogens is 1. The van der Waals surface area contributed by atoms with E-state index in [1.165, 1.54) is 12.0 Å². The third-order valence-corrected chi connectivity index (χ3v) is 6.22. The molecule has 3 atom stereocenters. The van der Waals surface area contributed by atoms with Crippen LogP contribution >= 0.6 is 0 Å². The van der Waals surface area contributed by atoms with E-state index in [1.807, 2.05) is 24.3 Å². The van der Waals surface area contributed by atoms with Crippen LogP contribution in [0.15, 0.2) is 34.6 Å². The van der Waals surface area contributed by atoms with E-state index in [0.29, 0.717) is 16.9 Å². The SMILES string of the molecule is CC1(C)[C@H]2CC3Oc4c(c(=O)[nH]c5ccccc45)C=C3[C@@H]1C2. The molecule has 1 N–H and O–H groups in total. The fraction of sp³-hybridized carbons (Fsp3) is 0.421. The third kappa shape index (κ3) is 1.39. The lowest BCUT2D eigenvalue weighted by atomic mass is 9.46. The first-order valence-electron chi connectivity index (χ1n) is 8.09. The molecule has 2 bridgehead atoms. The highest BCUT2D eigenvalue weighted by molar-refractivity contribution is 5.89. The summed E-state index contributed by atoms with van der Waals surface area (Å²) < 4.78 is 6.34. The van der Waals surface area contributed by atoms with E-state index in [0.717, 1.165) is 29.0 Å². The molecule has 3 heteroatoms. The van der Waals surface area contributed by atoms with Gasteiger partial charge >= 0.3 is 0 Å². The Morgan fingerprint density at radius 2 is 2.05 bits per heavy atom. The minimum Gasteiger partial charge on any atom is -0.484 e. The molecule has 112 valence electrons. The lowest BCUT2D eigenvalue weighted by molar-refractivity contribution is -0.0648. The molecular weight excluding hydrogens is 274 g/mol. The van der Waals surface area contributed by atoms with Gasteiger partial charge in [0, 0.05) is 5.39 Å². The van der Waals surface area contributed by atoms with Crippen LogP contribution in [0.25, 0.3) is 17.0 Å². The first kappa shape index (κ1) is 12.5. The van der Waals surface area contributed by atoms with Crippen LogP contribution in [0, 0.1) is 17.3 Å². The summed E-state index contributed by atoms with van der Waals surface area (Å²) in [5, 5.41) is 1.01. The molecule has 0 saturated heterocycles. The van der Waals surface area contributed by atoms with Crippen LogP contribution in [0.1, 0.15) is 32.3 Å². The summed E-state index contributed by atoms with van der Waals surface area (Å²) in [4.78, 5) is 15.4. The van der Waals surface area contributed by atoms with Crippen molar-refractivity contribution in [2.45, 2.75) is 32.8 Å². The lowest BCUT2D eigenvalue weighted by Gasteiger charge is -2.60. The Kier molecular flexibility index (Phi) is 2.18. The van der Waals surface area contributed by atoms with E-state index in [9.17, 15) is 4.79 Å². The average molecular weight is 293 g/mol. The van der Waals surface area contributed by atoms with Gasteiger partial charge in [0.15, 0.2) is 0 Å². The first-order chi connectivity index (χ1) is 10.6. The molecule has 3 fully saturated rings. The second kappa shape index (κ2) is 3.83. The second-order valence-electron chi connectivity index (χ2n) is 7.54. The van der Waals surface area contributed by atoms with E-state index >= 15 is 0 Å². The van der Waals surface area contributed by atoms with Gasteiger partial charge in [-0.05, 0) is 53.9 Å². The van der Waals surface area contributed by atoms with Gasteiger partial charge in [0.25, 0.3) is 5.56 Å². The van der Waals surface area contributed by atoms with E-state index in [2.05, 4.69) is 24.9 Å². The van der Waals surface area contributed by atoms with Crippen molar-refractivity contribution in [3.63, 3.8) is 0 Å². The highest BCUT2D eigenvalue weighted by atomic mass is 16.5. The van der Waals surface area contributed by atoms with Gasteiger partial charge in [0.05, 0.1) is 11.1 Å². The van der Waals surface area contributed by atoms with Crippen LogP contribution in [0.3, 0.4) is 0 Å². The fourth-order valence-corrected chi connectivity index (χ4v) is 4.71. The van der Waals surface area contributed by atoms with Gasteiger partial charge in [-0.2, -0.15) is 0 Å². The Labute approximate surface area is 129 Å². The van der Waals surface area contributed by atoms with Crippen molar-refractivity contribution >= 4 is 17.0 Å². The number of aromatic amines is 1. The summed E-state index contributed by atoms with van der Waals surface area (Å²) >= 11 is 0. The van der Waals surface area contributed by atoms with E-state index in [1.54, 1.807) is 0 Å². The van der Waals surface area contributed by atoms with Crippen LogP contribution in [0.2, 0.25) is 0 Å². The summed E-state index contributed by atoms with van der Waals surface area (Å²) in [6.07, 6.45) is 4.61. The number of benzene rings is 1. The largest absolute Gasteiger partial charge is 0.484 e. The molecular formula is C19H19NO2. The summed E-state index contributed by atoms with van der Waals surface area (Å²) in [6.45, 7) is 4.70. The molecule has 2 aromatic rings. The summed E-state index contributed by atoms with van der Waals surface area (Å²) in [5.41, 5.74) is 3.20. The van der Waals surface area contributed by atoms with Crippen LogP contribution in [-0.4, -0.2) is 11.1 Å². The monoisotopic (exact) mass is 293 g/mol. The topological polar surface area (TPSA) is 42.1 Å². The Bertz CT molecular complexity index is 890. The zero-order chi connectivity index (χ0) is 15.1. The smallest absolute Gasteiger partial charge is 0.259 e. The van der Waals surface area contributed by atoms with Gasteiger partial charge in [-0.3, -0.25) is 4.79 Å². The zero-order valence-corrected chi connectivity index (χ0v) is 12.8. The highest BCUT2D eigenvalue weighted by Gasteiger charge is 2.56. The number of H-pyrrole nitrogens is 1. The molecule has 4 aliphatic rings. The molecule has 0 radical (unpaired) electrons. The van der Waals surface area contributed by atoms with Gasteiger partial charge in [-0.15, -0.1) is 0 Å². The standard InChI is InChI=1S/C19H19NO2/c1-19(2)10-7-14(19)12-9-13-17(22-16(12)8-10)11-5-3-4-6-15(11)20-18(13)21/h3-6,9-10,14,16H,7-8H2,1-2H3,(H,20,21)/t10-,14+,16?/m1/s1. The van der Waals surface area contributed by atoms with Crippen LogP contribution in [-0.2, 0) is 0 Å². The predicted octanol–water partition coefficient (Wildman–Crippen LogP) is 3.74. The normalized spacial score (nSPS) is 30.6. The van der Waals surface area contributed by atoms with Gasteiger partial charge in [0.2, 0.25) is 0 Å². The Hall–Kier alpha value is -2.03. The number of pyridine rings is 1. The van der Waals surface area contributed by atoms with E-state index in [-0.39, 0.29) is 11.7 Å². The first-order valence-corrected chi connectivity index (χ1v) is 8.09. The molecule has 3 saturated carbocycles. The number of nitrogens with one attached hydrogen (secondary N) is 1. The van der Waals surface area contributed by atoms with Crippen molar-refractivity contribution < 1.29 is 4.74 Å². The van der Waals surface area contributed by atoms with Crippen LogP contribution < -0.4 is 10.3 Å². The van der Waals surface area contributed by atoms with Crippen molar-refractivity contribution in [3.8, 4) is 5.75 Å². The number of hydrogen-bond donors (Lipinski definition) is 1.